The van der Waals surface area contributed by atoms with Crippen LogP contribution in [-0.2, 0) is 4.79 Å². The van der Waals surface area contributed by atoms with E-state index in [1.165, 1.54) is 12.6 Å². The van der Waals surface area contributed by atoms with Gasteiger partial charge in [0.2, 0.25) is 5.95 Å². The Hall–Kier alpha value is -4.44. The largest absolute Gasteiger partial charge is 0.369 e. The van der Waals surface area contributed by atoms with Crippen LogP contribution < -0.4 is 15.5 Å². The van der Waals surface area contributed by atoms with Crippen LogP contribution in [0.4, 0.5) is 27.4 Å². The zero-order chi connectivity index (χ0) is 25.8. The highest BCUT2D eigenvalue weighted by Gasteiger charge is 2.15. The maximum absolute atomic E-state index is 13.0. The number of hydrogen-bond acceptors (Lipinski definition) is 8. The van der Waals surface area contributed by atoms with Gasteiger partial charge in [0.15, 0.2) is 0 Å². The number of rotatable bonds is 6. The van der Waals surface area contributed by atoms with Gasteiger partial charge in [-0.2, -0.15) is 0 Å². The van der Waals surface area contributed by atoms with Gasteiger partial charge in [-0.05, 0) is 56.4 Å². The van der Waals surface area contributed by atoms with Gasteiger partial charge < -0.3 is 20.4 Å². The molecule has 9 nitrogen and oxygen atoms in total. The first-order valence-corrected chi connectivity index (χ1v) is 12.0. The Balaban J connectivity index is 1.38. The Morgan fingerprint density at radius 1 is 0.973 bits per heavy atom. The molecule has 37 heavy (non-hydrogen) atoms. The van der Waals surface area contributed by atoms with Crippen molar-refractivity contribution < 1.29 is 9.18 Å². The van der Waals surface area contributed by atoms with Crippen LogP contribution in [0.2, 0.25) is 0 Å². The lowest BCUT2D eigenvalue weighted by Crippen LogP contribution is -2.44. The summed E-state index contributed by atoms with van der Waals surface area (Å²) in [6.07, 6.45) is 5.83. The highest BCUT2D eigenvalue weighted by atomic mass is 19.1. The maximum Gasteiger partial charge on any atom is 0.250 e. The lowest BCUT2D eigenvalue weighted by atomic mass is 10.1. The van der Waals surface area contributed by atoms with Crippen molar-refractivity contribution in [2.24, 2.45) is 0 Å². The van der Waals surface area contributed by atoms with Gasteiger partial charge in [0.05, 0.1) is 5.69 Å². The normalized spacial score (nSPS) is 14.6. The molecule has 1 fully saturated rings. The van der Waals surface area contributed by atoms with Crippen molar-refractivity contribution in [3.8, 4) is 11.4 Å². The van der Waals surface area contributed by atoms with Gasteiger partial charge in [0, 0.05) is 73.3 Å². The van der Waals surface area contributed by atoms with Crippen molar-refractivity contribution >= 4 is 39.8 Å². The monoisotopic (exact) mass is 498 g/mol. The fourth-order valence-electron chi connectivity index (χ4n) is 4.15. The molecule has 0 unspecified atom stereocenters. The second-order valence-corrected chi connectivity index (χ2v) is 8.90. The molecule has 0 aliphatic carbocycles. The number of halogens is 1. The van der Waals surface area contributed by atoms with Crippen molar-refractivity contribution in [3.63, 3.8) is 0 Å². The second-order valence-electron chi connectivity index (χ2n) is 8.90. The summed E-state index contributed by atoms with van der Waals surface area (Å²) in [6.45, 7) is 5.35. The van der Waals surface area contributed by atoms with Crippen LogP contribution in [0.25, 0.3) is 22.3 Å². The third-order valence-electron chi connectivity index (χ3n) is 6.09. The quantitative estimate of drug-likeness (QED) is 0.378. The molecule has 0 radical (unpaired) electrons. The Labute approximate surface area is 214 Å². The molecule has 0 spiro atoms. The lowest BCUT2D eigenvalue weighted by molar-refractivity contribution is -0.112. The number of amides is 1. The van der Waals surface area contributed by atoms with Gasteiger partial charge in [0.25, 0.3) is 5.91 Å². The van der Waals surface area contributed by atoms with E-state index < -0.39 is 11.7 Å². The molecule has 0 atom stereocenters. The summed E-state index contributed by atoms with van der Waals surface area (Å²) in [6, 6.07) is 13.4. The molecule has 3 aromatic heterocycles. The molecule has 4 heterocycles. The van der Waals surface area contributed by atoms with Gasteiger partial charge in [-0.15, -0.1) is 0 Å². The average Bonchev–Trinajstić information content (AvgIpc) is 2.89. The second kappa shape index (κ2) is 10.7. The molecule has 1 aliphatic heterocycles. The van der Waals surface area contributed by atoms with Crippen molar-refractivity contribution in [1.29, 1.82) is 0 Å². The Morgan fingerprint density at radius 2 is 1.73 bits per heavy atom. The lowest BCUT2D eigenvalue weighted by Gasteiger charge is -2.34. The first kappa shape index (κ1) is 24.3. The van der Waals surface area contributed by atoms with E-state index in [9.17, 15) is 9.18 Å². The molecule has 0 saturated carbocycles. The van der Waals surface area contributed by atoms with E-state index >= 15 is 0 Å². The van der Waals surface area contributed by atoms with E-state index in [4.69, 9.17) is 4.98 Å². The van der Waals surface area contributed by atoms with Gasteiger partial charge in [-0.25, -0.2) is 14.4 Å². The van der Waals surface area contributed by atoms with E-state index in [0.717, 1.165) is 43.3 Å². The standard InChI is InChI=1S/C27H27FN8O/c1-18(28)15-24(37)32-21-8-10-29-23(16-21)26-25-19(7-9-30-26)17-31-27(34-25)33-20-3-5-22(6-4-20)36-13-11-35(2)12-14-36/h3-10,15-17H,11-14H2,1-2H3,(H,29,32,37)(H,31,33,34)/b18-15+. The third kappa shape index (κ3) is 5.87. The smallest absolute Gasteiger partial charge is 0.250 e. The minimum Gasteiger partial charge on any atom is -0.369 e. The van der Waals surface area contributed by atoms with Crippen molar-refractivity contribution in [2.45, 2.75) is 6.92 Å². The number of carbonyl (C=O) groups is 1. The molecule has 5 rings (SSSR count). The van der Waals surface area contributed by atoms with Gasteiger partial charge >= 0.3 is 0 Å². The molecule has 10 heteroatoms. The molecule has 1 aliphatic rings. The number of anilines is 4. The summed E-state index contributed by atoms with van der Waals surface area (Å²) >= 11 is 0. The van der Waals surface area contributed by atoms with Crippen LogP contribution in [0.5, 0.6) is 0 Å². The van der Waals surface area contributed by atoms with Gasteiger partial charge in [0.1, 0.15) is 17.0 Å². The molecule has 1 amide bonds. The van der Waals surface area contributed by atoms with Crippen LogP contribution in [0.3, 0.4) is 0 Å². The number of nitrogens with one attached hydrogen (secondary N) is 2. The Morgan fingerprint density at radius 3 is 2.49 bits per heavy atom. The number of hydrogen-bond donors (Lipinski definition) is 2. The molecular formula is C27H27FN8O. The maximum atomic E-state index is 13.0. The summed E-state index contributed by atoms with van der Waals surface area (Å²) in [5.41, 5.74) is 4.22. The first-order valence-electron chi connectivity index (χ1n) is 12.0. The van der Waals surface area contributed by atoms with E-state index in [1.807, 2.05) is 18.2 Å². The summed E-state index contributed by atoms with van der Waals surface area (Å²) in [5, 5.41) is 6.70. The fraction of sp³-hybridized carbons (Fsp3) is 0.222. The predicted octanol–water partition coefficient (Wildman–Crippen LogP) is 4.39. The number of nitrogens with zero attached hydrogens (tertiary/aromatic N) is 6. The number of benzene rings is 1. The van der Waals surface area contributed by atoms with E-state index in [2.05, 4.69) is 54.6 Å². The van der Waals surface area contributed by atoms with Crippen LogP contribution >= 0.6 is 0 Å². The van der Waals surface area contributed by atoms with Crippen molar-refractivity contribution in [2.75, 3.05) is 48.8 Å². The molecule has 188 valence electrons. The molecule has 2 N–H and O–H groups in total. The molecule has 1 saturated heterocycles. The van der Waals surface area contributed by atoms with Crippen LogP contribution in [0, 0.1) is 0 Å². The van der Waals surface area contributed by atoms with Crippen LogP contribution in [0.1, 0.15) is 6.92 Å². The van der Waals surface area contributed by atoms with Crippen LogP contribution in [0.15, 0.2) is 73.0 Å². The van der Waals surface area contributed by atoms with E-state index in [1.54, 1.807) is 30.7 Å². The van der Waals surface area contributed by atoms with Gasteiger partial charge in [-0.1, -0.05) is 0 Å². The zero-order valence-electron chi connectivity index (χ0n) is 20.6. The minimum absolute atomic E-state index is 0.433. The topological polar surface area (TPSA) is 99.2 Å². The summed E-state index contributed by atoms with van der Waals surface area (Å²) in [5.74, 6) is -0.703. The molecular weight excluding hydrogens is 471 g/mol. The predicted molar refractivity (Wildman–Crippen MR) is 143 cm³/mol. The molecule has 0 bridgehead atoms. The van der Waals surface area contributed by atoms with Crippen molar-refractivity contribution in [3.05, 3.63) is 73.0 Å². The number of carbonyl (C=O) groups excluding carboxylic acids is 1. The fourth-order valence-corrected chi connectivity index (χ4v) is 4.15. The van der Waals surface area contributed by atoms with Gasteiger partial charge in [-0.3, -0.25) is 14.8 Å². The number of fused-ring (bicyclic) bond motifs is 1. The number of piperazine rings is 1. The number of likely N-dealkylation sites (N-methyl/N-ethyl adjacent to an activating group) is 1. The van der Waals surface area contributed by atoms with Crippen molar-refractivity contribution in [1.82, 2.24) is 24.8 Å². The Bertz CT molecular complexity index is 1440. The first-order chi connectivity index (χ1) is 17.9. The third-order valence-corrected chi connectivity index (χ3v) is 6.09. The molecule has 4 aromatic rings. The summed E-state index contributed by atoms with van der Waals surface area (Å²) in [4.78, 5) is 34.7. The zero-order valence-corrected chi connectivity index (χ0v) is 20.6. The van der Waals surface area contributed by atoms with E-state index in [-0.39, 0.29) is 0 Å². The SMILES string of the molecule is C/C(F)=C\C(=O)Nc1ccnc(-c2nccc3cnc(Nc4ccc(N5CCN(C)CC5)cc4)nc23)c1. The number of allylic oxidation sites excluding steroid dienone is 1. The van der Waals surface area contributed by atoms with E-state index in [0.29, 0.717) is 28.5 Å². The number of pyridine rings is 2. The Kier molecular flexibility index (Phi) is 7.00. The molecule has 1 aromatic carbocycles. The summed E-state index contributed by atoms with van der Waals surface area (Å²) in [7, 11) is 2.15. The minimum atomic E-state index is -0.576. The summed E-state index contributed by atoms with van der Waals surface area (Å²) < 4.78 is 13.0. The highest BCUT2D eigenvalue weighted by molar-refractivity contribution is 6.00. The highest BCUT2D eigenvalue weighted by Crippen LogP contribution is 2.27. The number of aromatic nitrogens is 4. The van der Waals surface area contributed by atoms with Crippen LogP contribution in [-0.4, -0.2) is 64.0 Å². The average molecular weight is 499 g/mol.